The van der Waals surface area contributed by atoms with Crippen LogP contribution in [0.4, 0.5) is 23.0 Å². The van der Waals surface area contributed by atoms with Gasteiger partial charge in [0.2, 0.25) is 5.88 Å². The van der Waals surface area contributed by atoms with Gasteiger partial charge in [-0.1, -0.05) is 84.9 Å². The van der Waals surface area contributed by atoms with Crippen molar-refractivity contribution in [3.8, 4) is 50.4 Å². The van der Waals surface area contributed by atoms with Gasteiger partial charge in [-0.2, -0.15) is 14.6 Å². The van der Waals surface area contributed by atoms with Crippen LogP contribution in [0.2, 0.25) is 0 Å². The second-order valence-corrected chi connectivity index (χ2v) is 20.4. The van der Waals surface area contributed by atoms with Crippen LogP contribution in [-0.2, 0) is 23.9 Å². The van der Waals surface area contributed by atoms with E-state index in [0.717, 1.165) is 112 Å². The maximum absolute atomic E-state index is 11.5. The zero-order valence-corrected chi connectivity index (χ0v) is 47.2. The molecule has 4 aromatic carbocycles. The smallest absolute Gasteiger partial charge is 0.870 e. The van der Waals surface area contributed by atoms with Gasteiger partial charge in [-0.25, -0.2) is 14.7 Å². The summed E-state index contributed by atoms with van der Waals surface area (Å²) >= 11 is 0. The van der Waals surface area contributed by atoms with Crippen LogP contribution < -0.4 is 44.1 Å². The quantitative estimate of drug-likeness (QED) is 0.0719. The van der Waals surface area contributed by atoms with E-state index >= 15 is 0 Å². The van der Waals surface area contributed by atoms with Gasteiger partial charge in [-0.3, -0.25) is 14.8 Å². The van der Waals surface area contributed by atoms with E-state index in [-0.39, 0.29) is 65.6 Å². The average Bonchev–Trinajstić information content (AvgIpc) is 4.53. The minimum Gasteiger partial charge on any atom is -0.870 e. The van der Waals surface area contributed by atoms with E-state index in [9.17, 15) is 4.79 Å². The SMILES string of the molecule is O=C=O.[C-]#[N+]c1ccc(-c2cccc3c(C4CC4)c(-c4ccc(N5C[C@@H](C)O[C@@H](C)C5)nc4C)cnc23)cc1.[C-]#[N+]c1ccc(-c2cccc3c(C4CC4)c(-c4ccc(N5C[C@@H](C)O[C@@H](C)C5)nc4OC=O)cnc23)cc1.[Na+].[OH-]. The van der Waals surface area contributed by atoms with Crippen LogP contribution >= 0.6 is 0 Å². The number of benzene rings is 4. The number of carbonyl (C=O) groups excluding carboxylic acids is 3. The van der Waals surface area contributed by atoms with Gasteiger partial charge in [0, 0.05) is 88.4 Å². The number of hydrogen-bond donors (Lipinski definition) is 0. The third kappa shape index (κ3) is 12.6. The Kier molecular flexibility index (Phi) is 18.5. The van der Waals surface area contributed by atoms with Crippen LogP contribution in [0.5, 0.6) is 5.88 Å². The summed E-state index contributed by atoms with van der Waals surface area (Å²) in [5, 5.41) is 2.31. The van der Waals surface area contributed by atoms with Crippen molar-refractivity contribution in [3.05, 3.63) is 161 Å². The van der Waals surface area contributed by atoms with Gasteiger partial charge >= 0.3 is 35.7 Å². The molecular formula is C63H59N8NaO7. The molecule has 15 nitrogen and oxygen atoms in total. The molecule has 79 heavy (non-hydrogen) atoms. The summed E-state index contributed by atoms with van der Waals surface area (Å²) in [5.74, 6) is 3.05. The molecule has 2 saturated carbocycles. The van der Waals surface area contributed by atoms with Gasteiger partial charge in [0.1, 0.15) is 11.6 Å². The van der Waals surface area contributed by atoms with Crippen molar-refractivity contribution in [2.75, 3.05) is 36.0 Å². The van der Waals surface area contributed by atoms with Crippen LogP contribution in [0.3, 0.4) is 0 Å². The summed E-state index contributed by atoms with van der Waals surface area (Å²) in [6, 6.07) is 36.5. The molecule has 0 unspecified atom stereocenters. The molecule has 4 fully saturated rings. The summed E-state index contributed by atoms with van der Waals surface area (Å²) in [6.45, 7) is 28.6. The Morgan fingerprint density at radius 1 is 0.570 bits per heavy atom. The minimum atomic E-state index is 0. The molecule has 0 radical (unpaired) electrons. The zero-order valence-electron chi connectivity index (χ0n) is 45.2. The molecule has 2 saturated heterocycles. The van der Waals surface area contributed by atoms with Gasteiger partial charge in [0.25, 0.3) is 6.47 Å². The minimum absolute atomic E-state index is 0. The standard InChI is InChI=1S/C31H28N4O3.C31H30N4O.CO2.Na.H2O/c1-19-16-35(17-20(2)38-19)28-14-13-25(31(34-28)37-18-36)27-15-33-30-24(21-9-11-23(32-3)12-10-21)5-4-6-26(30)29(27)22-7-8-22;1-19-17-35(18-20(2)36-19)29-15-14-25(21(3)34-29)28-16-33-31-26(22-10-12-24(32-4)13-11-22)6-5-7-27(31)30(28)23-8-9-23;2-1-3;;/h4-6,9-15,18-20,22H,7-8,16-17H2,1-2H3;5-7,10-16,19-20,23H,8-9,17-18H2,1-3H3;;;1H2/q;;;+1;/p-1/t2*19-,20+;;;. The number of aromatic nitrogens is 4. The van der Waals surface area contributed by atoms with Crippen LogP contribution in [0.15, 0.2) is 122 Å². The molecule has 0 amide bonds. The Balaban J connectivity index is 0.000000194. The molecule has 4 aliphatic rings. The third-order valence-corrected chi connectivity index (χ3v) is 14.6. The predicted octanol–water partition coefficient (Wildman–Crippen LogP) is 10.1. The topological polar surface area (TPSA) is 176 Å². The van der Waals surface area contributed by atoms with Gasteiger partial charge in [0.15, 0.2) is 11.4 Å². The fraction of sp³-hybridized carbons (Fsp3) is 0.302. The van der Waals surface area contributed by atoms with Gasteiger partial charge < -0.3 is 29.5 Å². The summed E-state index contributed by atoms with van der Waals surface area (Å²) in [4.78, 5) is 59.1. The molecule has 2 aliphatic heterocycles. The zero-order chi connectivity index (χ0) is 53.7. The molecule has 4 aromatic heterocycles. The number of nitrogens with zero attached hydrogens (tertiary/aromatic N) is 8. The number of ether oxygens (including phenoxy) is 3. The number of para-hydroxylation sites is 2. The van der Waals surface area contributed by atoms with E-state index in [0.29, 0.717) is 35.6 Å². The number of hydrogen-bond acceptors (Lipinski definition) is 13. The van der Waals surface area contributed by atoms with E-state index in [4.69, 9.17) is 56.9 Å². The Morgan fingerprint density at radius 3 is 1.37 bits per heavy atom. The molecule has 12 rings (SSSR count). The summed E-state index contributed by atoms with van der Waals surface area (Å²) < 4.78 is 17.2. The second-order valence-electron chi connectivity index (χ2n) is 20.4. The molecule has 8 aromatic rings. The van der Waals surface area contributed by atoms with E-state index in [1.165, 1.54) is 34.9 Å². The molecule has 2 aliphatic carbocycles. The number of aryl methyl sites for hydroxylation is 1. The first-order valence-corrected chi connectivity index (χ1v) is 26.2. The fourth-order valence-corrected chi connectivity index (χ4v) is 11.1. The average molecular weight is 1060 g/mol. The summed E-state index contributed by atoms with van der Waals surface area (Å²) in [6.07, 6.45) is 9.41. The molecule has 6 heterocycles. The van der Waals surface area contributed by atoms with Crippen molar-refractivity contribution in [1.29, 1.82) is 0 Å². The van der Waals surface area contributed by atoms with Crippen molar-refractivity contribution in [2.24, 2.45) is 0 Å². The molecule has 394 valence electrons. The van der Waals surface area contributed by atoms with E-state index in [1.807, 2.05) is 66.9 Å². The number of morpholine rings is 2. The first-order valence-electron chi connectivity index (χ1n) is 26.2. The van der Waals surface area contributed by atoms with Crippen LogP contribution in [-0.4, -0.2) is 88.6 Å². The van der Waals surface area contributed by atoms with Gasteiger partial charge in [-0.05, 0) is 119 Å². The maximum Gasteiger partial charge on any atom is 1.00 e. The largest absolute Gasteiger partial charge is 1.00 e. The van der Waals surface area contributed by atoms with Crippen molar-refractivity contribution in [2.45, 2.75) is 96.6 Å². The molecule has 1 N–H and O–H groups in total. The summed E-state index contributed by atoms with van der Waals surface area (Å²) in [7, 11) is 0. The van der Waals surface area contributed by atoms with Crippen LogP contribution in [0, 0.1) is 20.1 Å². The number of pyridine rings is 4. The van der Waals surface area contributed by atoms with Crippen molar-refractivity contribution in [3.63, 3.8) is 0 Å². The Morgan fingerprint density at radius 2 is 0.975 bits per heavy atom. The van der Waals surface area contributed by atoms with Crippen molar-refractivity contribution in [1.82, 2.24) is 19.9 Å². The normalized spacial score (nSPS) is 18.4. The van der Waals surface area contributed by atoms with E-state index in [2.05, 4.69) is 109 Å². The van der Waals surface area contributed by atoms with Crippen molar-refractivity contribution < 1.29 is 63.6 Å². The molecule has 0 spiro atoms. The predicted molar refractivity (Wildman–Crippen MR) is 300 cm³/mol. The van der Waals surface area contributed by atoms with E-state index in [1.54, 1.807) is 0 Å². The first-order chi connectivity index (χ1) is 37.5. The molecular weight excluding hydrogens is 1000 g/mol. The summed E-state index contributed by atoms with van der Waals surface area (Å²) in [5.41, 5.74) is 15.2. The number of rotatable bonds is 10. The molecule has 16 heteroatoms. The monoisotopic (exact) mass is 1060 g/mol. The molecule has 0 bridgehead atoms. The fourth-order valence-electron chi connectivity index (χ4n) is 11.1. The third-order valence-electron chi connectivity index (χ3n) is 14.6. The Hall–Kier alpha value is -7.69. The van der Waals surface area contributed by atoms with E-state index < -0.39 is 0 Å². The van der Waals surface area contributed by atoms with Crippen LogP contribution in [0.1, 0.15) is 82.0 Å². The van der Waals surface area contributed by atoms with Crippen LogP contribution in [0.25, 0.3) is 76.0 Å². The van der Waals surface area contributed by atoms with Crippen molar-refractivity contribution >= 4 is 57.4 Å². The first kappa shape index (κ1) is 57.5. The number of anilines is 2. The number of fused-ring (bicyclic) bond motifs is 2. The molecule has 4 atom stereocenters. The maximum atomic E-state index is 11.5. The Bertz CT molecular complexity index is 3610. The number of carbonyl (C=O) groups is 1. The van der Waals surface area contributed by atoms with Gasteiger partial charge in [0.05, 0.1) is 48.6 Å². The second kappa shape index (κ2) is 25.4. The van der Waals surface area contributed by atoms with Gasteiger partial charge in [-0.15, -0.1) is 0 Å². The Labute approximate surface area is 482 Å².